The van der Waals surface area contributed by atoms with E-state index in [0.717, 1.165) is 5.69 Å². The van der Waals surface area contributed by atoms with Crippen molar-refractivity contribution in [2.45, 2.75) is 26.7 Å². The average molecular weight is 173 g/mol. The number of hydrogen-bond acceptors (Lipinski definition) is 1. The van der Waals surface area contributed by atoms with Crippen LogP contribution in [0.3, 0.4) is 0 Å². The summed E-state index contributed by atoms with van der Waals surface area (Å²) >= 11 is 0. The molecule has 1 aromatic carbocycles. The first kappa shape index (κ1) is 8.49. The first-order chi connectivity index (χ1) is 6.18. The Bertz CT molecular complexity index is 350. The fourth-order valence-corrected chi connectivity index (χ4v) is 1.83. The summed E-state index contributed by atoms with van der Waals surface area (Å²) in [4.78, 5) is 4.42. The van der Waals surface area contributed by atoms with Gasteiger partial charge in [0.1, 0.15) is 0 Å². The molecule has 1 aliphatic rings. The van der Waals surface area contributed by atoms with Crippen LogP contribution in [0, 0.1) is 12.8 Å². The minimum absolute atomic E-state index is 0.523. The normalized spacial score (nSPS) is 19.5. The lowest BCUT2D eigenvalue weighted by Gasteiger charge is -2.13. The molecule has 1 nitrogen and oxygen atoms in total. The fraction of sp³-hybridized carbons (Fsp3) is 0.417. The number of aryl methyl sites for hydroxylation is 1. The molecule has 0 bridgehead atoms. The van der Waals surface area contributed by atoms with Crippen LogP contribution in [0.25, 0.3) is 0 Å². The van der Waals surface area contributed by atoms with E-state index in [0.29, 0.717) is 11.8 Å². The Morgan fingerprint density at radius 2 is 2.08 bits per heavy atom. The molecule has 13 heavy (non-hydrogen) atoms. The molecule has 1 aromatic rings. The smallest absolute Gasteiger partial charge is 0.0664 e. The van der Waals surface area contributed by atoms with Crippen LogP contribution in [0.5, 0.6) is 0 Å². The van der Waals surface area contributed by atoms with Gasteiger partial charge >= 0.3 is 0 Å². The molecule has 1 heterocycles. The third-order valence-corrected chi connectivity index (χ3v) is 2.63. The standard InChI is InChI=1S/C12H15N/c1-8(2)11-7-13-12-5-4-9(3)6-10(11)12/h4-8,11H,1-3H3. The van der Waals surface area contributed by atoms with Gasteiger partial charge in [-0.1, -0.05) is 31.5 Å². The predicted octanol–water partition coefficient (Wildman–Crippen LogP) is 3.45. The number of nitrogens with zero attached hydrogens (tertiary/aromatic N) is 1. The van der Waals surface area contributed by atoms with E-state index in [4.69, 9.17) is 0 Å². The van der Waals surface area contributed by atoms with Gasteiger partial charge < -0.3 is 0 Å². The lowest BCUT2D eigenvalue weighted by Crippen LogP contribution is -2.04. The molecule has 0 saturated heterocycles. The first-order valence-corrected chi connectivity index (χ1v) is 4.83. The van der Waals surface area contributed by atoms with Crippen LogP contribution >= 0.6 is 0 Å². The summed E-state index contributed by atoms with van der Waals surface area (Å²) in [6, 6.07) is 6.50. The summed E-state index contributed by atoms with van der Waals surface area (Å²) in [5, 5.41) is 0. The monoisotopic (exact) mass is 173 g/mol. The Balaban J connectivity index is 2.45. The zero-order valence-corrected chi connectivity index (χ0v) is 8.41. The third kappa shape index (κ3) is 1.39. The highest BCUT2D eigenvalue weighted by Crippen LogP contribution is 2.36. The summed E-state index contributed by atoms with van der Waals surface area (Å²) in [6.07, 6.45) is 2.08. The Hall–Kier alpha value is -1.11. The second kappa shape index (κ2) is 2.99. The summed E-state index contributed by atoms with van der Waals surface area (Å²) in [5.41, 5.74) is 3.88. The van der Waals surface area contributed by atoms with Crippen molar-refractivity contribution in [3.63, 3.8) is 0 Å². The van der Waals surface area contributed by atoms with Crippen LogP contribution in [0.15, 0.2) is 23.2 Å². The molecule has 1 aliphatic heterocycles. The molecule has 0 fully saturated rings. The van der Waals surface area contributed by atoms with Gasteiger partial charge in [0.15, 0.2) is 0 Å². The Morgan fingerprint density at radius 3 is 2.77 bits per heavy atom. The van der Waals surface area contributed by atoms with E-state index >= 15 is 0 Å². The van der Waals surface area contributed by atoms with Crippen LogP contribution in [-0.2, 0) is 0 Å². The number of fused-ring (bicyclic) bond motifs is 1. The SMILES string of the molecule is Cc1ccc2c(c1)C(C(C)C)C=N2. The summed E-state index contributed by atoms with van der Waals surface area (Å²) in [5.74, 6) is 1.17. The molecular formula is C12H15N. The van der Waals surface area contributed by atoms with Gasteiger partial charge in [0.25, 0.3) is 0 Å². The van der Waals surface area contributed by atoms with Gasteiger partial charge in [0.2, 0.25) is 0 Å². The molecule has 1 atom stereocenters. The molecule has 0 radical (unpaired) electrons. The maximum absolute atomic E-state index is 4.42. The first-order valence-electron chi connectivity index (χ1n) is 4.83. The summed E-state index contributed by atoms with van der Waals surface area (Å²) < 4.78 is 0. The van der Waals surface area contributed by atoms with Gasteiger partial charge in [-0.25, -0.2) is 0 Å². The van der Waals surface area contributed by atoms with Crippen LogP contribution < -0.4 is 0 Å². The molecule has 1 heteroatoms. The van der Waals surface area contributed by atoms with Gasteiger partial charge in [0.05, 0.1) is 5.69 Å². The molecule has 0 aromatic heterocycles. The molecule has 0 amide bonds. The molecular weight excluding hydrogens is 158 g/mol. The maximum atomic E-state index is 4.42. The van der Waals surface area contributed by atoms with E-state index in [-0.39, 0.29) is 0 Å². The Kier molecular flexibility index (Phi) is 1.95. The lowest BCUT2D eigenvalue weighted by atomic mass is 9.90. The largest absolute Gasteiger partial charge is 0.260 e. The van der Waals surface area contributed by atoms with E-state index in [1.165, 1.54) is 11.1 Å². The van der Waals surface area contributed by atoms with Crippen molar-refractivity contribution in [1.29, 1.82) is 0 Å². The van der Waals surface area contributed by atoms with Crippen molar-refractivity contribution >= 4 is 11.9 Å². The minimum Gasteiger partial charge on any atom is -0.260 e. The zero-order chi connectivity index (χ0) is 9.42. The van der Waals surface area contributed by atoms with Crippen molar-refractivity contribution in [2.75, 3.05) is 0 Å². The molecule has 2 rings (SSSR count). The van der Waals surface area contributed by atoms with Gasteiger partial charge in [-0.05, 0) is 24.5 Å². The van der Waals surface area contributed by atoms with Crippen molar-refractivity contribution < 1.29 is 0 Å². The van der Waals surface area contributed by atoms with Gasteiger partial charge in [-0.15, -0.1) is 0 Å². The molecule has 68 valence electrons. The van der Waals surface area contributed by atoms with E-state index in [1.807, 2.05) is 0 Å². The van der Waals surface area contributed by atoms with Crippen molar-refractivity contribution in [1.82, 2.24) is 0 Å². The highest BCUT2D eigenvalue weighted by atomic mass is 14.8. The second-order valence-corrected chi connectivity index (χ2v) is 4.11. The Morgan fingerprint density at radius 1 is 1.31 bits per heavy atom. The second-order valence-electron chi connectivity index (χ2n) is 4.11. The van der Waals surface area contributed by atoms with Crippen molar-refractivity contribution in [3.05, 3.63) is 29.3 Å². The van der Waals surface area contributed by atoms with E-state index in [9.17, 15) is 0 Å². The molecule has 0 N–H and O–H groups in total. The van der Waals surface area contributed by atoms with Crippen LogP contribution in [-0.4, -0.2) is 6.21 Å². The molecule has 0 aliphatic carbocycles. The Labute approximate surface area is 79.5 Å². The van der Waals surface area contributed by atoms with Gasteiger partial charge in [0, 0.05) is 12.1 Å². The minimum atomic E-state index is 0.523. The van der Waals surface area contributed by atoms with E-state index < -0.39 is 0 Å². The van der Waals surface area contributed by atoms with Crippen molar-refractivity contribution in [2.24, 2.45) is 10.9 Å². The molecule has 0 spiro atoms. The number of benzene rings is 1. The highest BCUT2D eigenvalue weighted by molar-refractivity contribution is 5.81. The molecule has 1 unspecified atom stereocenters. The molecule has 0 saturated carbocycles. The fourth-order valence-electron chi connectivity index (χ4n) is 1.83. The van der Waals surface area contributed by atoms with E-state index in [2.05, 4.69) is 50.2 Å². The maximum Gasteiger partial charge on any atom is 0.0664 e. The lowest BCUT2D eigenvalue weighted by molar-refractivity contribution is 0.617. The summed E-state index contributed by atoms with van der Waals surface area (Å²) in [6.45, 7) is 6.62. The van der Waals surface area contributed by atoms with E-state index in [1.54, 1.807) is 0 Å². The van der Waals surface area contributed by atoms with Crippen LogP contribution in [0.4, 0.5) is 5.69 Å². The number of rotatable bonds is 1. The predicted molar refractivity (Wildman–Crippen MR) is 56.9 cm³/mol. The average Bonchev–Trinajstić information content (AvgIpc) is 2.46. The highest BCUT2D eigenvalue weighted by Gasteiger charge is 2.21. The van der Waals surface area contributed by atoms with Crippen LogP contribution in [0.2, 0.25) is 0 Å². The van der Waals surface area contributed by atoms with Gasteiger partial charge in [-0.3, -0.25) is 4.99 Å². The van der Waals surface area contributed by atoms with Crippen LogP contribution in [0.1, 0.15) is 30.9 Å². The number of hydrogen-bond donors (Lipinski definition) is 0. The third-order valence-electron chi connectivity index (χ3n) is 2.63. The summed E-state index contributed by atoms with van der Waals surface area (Å²) in [7, 11) is 0. The van der Waals surface area contributed by atoms with Gasteiger partial charge in [-0.2, -0.15) is 0 Å². The quantitative estimate of drug-likeness (QED) is 0.616. The number of aliphatic imine (C=N–C) groups is 1. The topological polar surface area (TPSA) is 12.4 Å². The van der Waals surface area contributed by atoms with Crippen molar-refractivity contribution in [3.8, 4) is 0 Å². The zero-order valence-electron chi connectivity index (χ0n) is 8.41.